The van der Waals surface area contributed by atoms with E-state index in [2.05, 4.69) is 118 Å². The zero-order valence-corrected chi connectivity index (χ0v) is 43.4. The number of carbonyl (C=O) groups is 2. The number of ether oxygens (including phenoxy) is 3. The molecule has 0 rings (SSSR count). The molecular formula is C61H104O5. The normalized spacial score (nSPS) is 13.0. The molecule has 1 unspecified atom stereocenters. The first-order chi connectivity index (χ1) is 32.6. The van der Waals surface area contributed by atoms with Crippen molar-refractivity contribution in [2.24, 2.45) is 0 Å². The molecule has 0 saturated carbocycles. The summed E-state index contributed by atoms with van der Waals surface area (Å²) >= 11 is 0. The Morgan fingerprint density at radius 1 is 0.348 bits per heavy atom. The van der Waals surface area contributed by atoms with Crippen LogP contribution in [0.5, 0.6) is 0 Å². The Morgan fingerprint density at radius 3 is 1.06 bits per heavy atom. The molecule has 66 heavy (non-hydrogen) atoms. The Morgan fingerprint density at radius 2 is 0.682 bits per heavy atom. The number of allylic oxidation sites excluding steroid dienone is 16. The average Bonchev–Trinajstić information content (AvgIpc) is 3.32. The van der Waals surface area contributed by atoms with E-state index in [0.29, 0.717) is 19.4 Å². The third-order valence-corrected chi connectivity index (χ3v) is 11.6. The number of carbonyl (C=O) groups excluding carboxylic acids is 2. The summed E-state index contributed by atoms with van der Waals surface area (Å²) in [5, 5.41) is 0. The Labute approximate surface area is 409 Å². The van der Waals surface area contributed by atoms with E-state index in [-0.39, 0.29) is 25.2 Å². The predicted molar refractivity (Wildman–Crippen MR) is 288 cm³/mol. The zero-order chi connectivity index (χ0) is 47.7. The molecule has 0 aromatic rings. The van der Waals surface area contributed by atoms with Crippen molar-refractivity contribution in [2.45, 2.75) is 258 Å². The maximum atomic E-state index is 12.8. The number of rotatable bonds is 50. The molecule has 0 bridgehead atoms. The van der Waals surface area contributed by atoms with Crippen molar-refractivity contribution in [1.29, 1.82) is 0 Å². The molecule has 378 valence electrons. The van der Waals surface area contributed by atoms with Gasteiger partial charge in [-0.1, -0.05) is 240 Å². The van der Waals surface area contributed by atoms with Crippen LogP contribution in [0.25, 0.3) is 0 Å². The largest absolute Gasteiger partial charge is 0.462 e. The molecule has 0 spiro atoms. The first-order valence-electron chi connectivity index (χ1n) is 27.8. The smallest absolute Gasteiger partial charge is 0.306 e. The predicted octanol–water partition coefficient (Wildman–Crippen LogP) is 19.0. The maximum Gasteiger partial charge on any atom is 0.306 e. The molecule has 0 heterocycles. The van der Waals surface area contributed by atoms with E-state index in [4.69, 9.17) is 14.2 Å². The van der Waals surface area contributed by atoms with Gasteiger partial charge in [0.05, 0.1) is 6.61 Å². The summed E-state index contributed by atoms with van der Waals surface area (Å²) in [6.07, 6.45) is 75.8. The molecule has 0 radical (unpaired) electrons. The van der Waals surface area contributed by atoms with Crippen LogP contribution < -0.4 is 0 Å². The van der Waals surface area contributed by atoms with Crippen molar-refractivity contribution < 1.29 is 23.8 Å². The van der Waals surface area contributed by atoms with Gasteiger partial charge in [-0.05, 0) is 96.3 Å². The summed E-state index contributed by atoms with van der Waals surface area (Å²) in [6.45, 7) is 7.53. The number of hydrogen-bond acceptors (Lipinski definition) is 5. The zero-order valence-electron chi connectivity index (χ0n) is 43.4. The summed E-state index contributed by atoms with van der Waals surface area (Å²) in [4.78, 5) is 25.4. The second-order valence-electron chi connectivity index (χ2n) is 18.1. The van der Waals surface area contributed by atoms with E-state index in [9.17, 15) is 9.59 Å². The lowest BCUT2D eigenvalue weighted by Crippen LogP contribution is -2.30. The SMILES string of the molecule is CC/C=C\C/C=C\C/C=C\C/C=C\CCCCC(=O)OCC(COCCCCCCCCCCCCCCCCCCCCCC)OC(=O)CCCC/C=C\C/C=C\C/C=C\C/C=C\CC. The van der Waals surface area contributed by atoms with Crippen LogP contribution in [-0.2, 0) is 23.8 Å². The lowest BCUT2D eigenvalue weighted by Gasteiger charge is -2.18. The Bertz CT molecular complexity index is 1270. The number of esters is 2. The highest BCUT2D eigenvalue weighted by molar-refractivity contribution is 5.70. The van der Waals surface area contributed by atoms with E-state index >= 15 is 0 Å². The second kappa shape index (κ2) is 56.1. The van der Waals surface area contributed by atoms with Gasteiger partial charge in [-0.25, -0.2) is 0 Å². The van der Waals surface area contributed by atoms with Crippen molar-refractivity contribution in [2.75, 3.05) is 19.8 Å². The summed E-state index contributed by atoms with van der Waals surface area (Å²) < 4.78 is 17.4. The standard InChI is InChI=1S/C61H104O5/c1-4-7-10-13-16-19-22-25-28-29-30-31-32-35-38-41-44-47-50-53-56-64-57-59(66-61(63)55-52-49-46-43-40-37-34-27-24-21-18-15-12-9-6-3)58-65-60(62)54-51-48-45-42-39-36-33-26-23-20-17-14-11-8-5-2/h8-9,11-12,17-18,20-21,26-27,33-34,39-40,42-43,59H,4-7,10,13-16,19,22-25,28-32,35-38,41,44-58H2,1-3H3/b11-8-,12-9-,20-17-,21-18-,33-26-,34-27-,42-39-,43-40-. The Kier molecular flexibility index (Phi) is 53.4. The minimum Gasteiger partial charge on any atom is -0.462 e. The third-order valence-electron chi connectivity index (χ3n) is 11.6. The fraction of sp³-hybridized carbons (Fsp3) is 0.705. The van der Waals surface area contributed by atoms with E-state index in [0.717, 1.165) is 103 Å². The van der Waals surface area contributed by atoms with Gasteiger partial charge in [0.2, 0.25) is 0 Å². The van der Waals surface area contributed by atoms with Gasteiger partial charge >= 0.3 is 11.9 Å². The monoisotopic (exact) mass is 917 g/mol. The molecule has 0 amide bonds. The molecular weight excluding hydrogens is 813 g/mol. The van der Waals surface area contributed by atoms with Crippen LogP contribution in [0.1, 0.15) is 252 Å². The topological polar surface area (TPSA) is 61.8 Å². The summed E-state index contributed by atoms with van der Waals surface area (Å²) in [7, 11) is 0. The Hall–Kier alpha value is -3.18. The van der Waals surface area contributed by atoms with E-state index in [1.54, 1.807) is 0 Å². The van der Waals surface area contributed by atoms with Crippen molar-refractivity contribution >= 4 is 11.9 Å². The minimum atomic E-state index is -0.578. The van der Waals surface area contributed by atoms with Crippen molar-refractivity contribution in [1.82, 2.24) is 0 Å². The van der Waals surface area contributed by atoms with Crippen LogP contribution >= 0.6 is 0 Å². The Balaban J connectivity index is 4.35. The minimum absolute atomic E-state index is 0.0443. The second-order valence-corrected chi connectivity index (χ2v) is 18.1. The van der Waals surface area contributed by atoms with Crippen molar-refractivity contribution in [3.63, 3.8) is 0 Å². The quantitative estimate of drug-likeness (QED) is 0.0346. The van der Waals surface area contributed by atoms with Crippen LogP contribution in [0.4, 0.5) is 0 Å². The van der Waals surface area contributed by atoms with E-state index in [1.807, 2.05) is 0 Å². The average molecular weight is 917 g/mol. The van der Waals surface area contributed by atoms with Crippen LogP contribution in [-0.4, -0.2) is 37.9 Å². The van der Waals surface area contributed by atoms with Gasteiger partial charge in [-0.2, -0.15) is 0 Å². The highest BCUT2D eigenvalue weighted by Crippen LogP contribution is 2.15. The molecule has 0 saturated heterocycles. The summed E-state index contributed by atoms with van der Waals surface area (Å²) in [5.74, 6) is -0.491. The van der Waals surface area contributed by atoms with Gasteiger partial charge in [0.25, 0.3) is 0 Å². The first-order valence-corrected chi connectivity index (χ1v) is 27.8. The highest BCUT2D eigenvalue weighted by atomic mass is 16.6. The van der Waals surface area contributed by atoms with Gasteiger partial charge in [0, 0.05) is 19.4 Å². The van der Waals surface area contributed by atoms with Gasteiger partial charge in [-0.15, -0.1) is 0 Å². The van der Waals surface area contributed by atoms with Gasteiger partial charge in [0.1, 0.15) is 6.61 Å². The fourth-order valence-corrected chi connectivity index (χ4v) is 7.55. The molecule has 5 heteroatoms. The molecule has 1 atom stereocenters. The van der Waals surface area contributed by atoms with E-state index in [1.165, 1.54) is 116 Å². The number of hydrogen-bond donors (Lipinski definition) is 0. The van der Waals surface area contributed by atoms with Crippen LogP contribution in [0, 0.1) is 0 Å². The van der Waals surface area contributed by atoms with E-state index < -0.39 is 6.10 Å². The number of unbranched alkanes of at least 4 members (excludes halogenated alkanes) is 23. The highest BCUT2D eigenvalue weighted by Gasteiger charge is 2.17. The molecule has 0 aliphatic heterocycles. The molecule has 0 N–H and O–H groups in total. The molecule has 0 aliphatic carbocycles. The summed E-state index contributed by atoms with van der Waals surface area (Å²) in [5.41, 5.74) is 0. The van der Waals surface area contributed by atoms with Gasteiger partial charge < -0.3 is 14.2 Å². The molecule has 5 nitrogen and oxygen atoms in total. The lowest BCUT2D eigenvalue weighted by atomic mass is 10.0. The molecule has 0 fully saturated rings. The molecule has 0 aromatic heterocycles. The van der Waals surface area contributed by atoms with Crippen LogP contribution in [0.15, 0.2) is 97.2 Å². The lowest BCUT2D eigenvalue weighted by molar-refractivity contribution is -0.163. The van der Waals surface area contributed by atoms with Gasteiger partial charge in [0.15, 0.2) is 6.10 Å². The fourth-order valence-electron chi connectivity index (χ4n) is 7.55. The van der Waals surface area contributed by atoms with Crippen LogP contribution in [0.3, 0.4) is 0 Å². The van der Waals surface area contributed by atoms with Crippen molar-refractivity contribution in [3.05, 3.63) is 97.2 Å². The maximum absolute atomic E-state index is 12.8. The first kappa shape index (κ1) is 62.8. The van der Waals surface area contributed by atoms with Crippen molar-refractivity contribution in [3.8, 4) is 0 Å². The van der Waals surface area contributed by atoms with Gasteiger partial charge in [-0.3, -0.25) is 9.59 Å². The molecule has 0 aromatic carbocycles. The third kappa shape index (κ3) is 53.4. The van der Waals surface area contributed by atoms with Crippen LogP contribution in [0.2, 0.25) is 0 Å². The summed E-state index contributed by atoms with van der Waals surface area (Å²) in [6, 6.07) is 0. The molecule has 0 aliphatic rings.